The molecule has 2 unspecified atom stereocenters. The summed E-state index contributed by atoms with van der Waals surface area (Å²) in [6.07, 6.45) is 3.68. The fraction of sp³-hybridized carbons (Fsp3) is 0.407. The summed E-state index contributed by atoms with van der Waals surface area (Å²) in [5.74, 6) is 1.31. The lowest BCUT2D eigenvalue weighted by Crippen LogP contribution is -2.37. The lowest BCUT2D eigenvalue weighted by molar-refractivity contribution is 0.0988. The first-order valence-corrected chi connectivity index (χ1v) is 13.1. The maximum Gasteiger partial charge on any atom is 0.268 e. The lowest BCUT2D eigenvalue weighted by atomic mass is 10.1. The van der Waals surface area contributed by atoms with Crippen molar-refractivity contribution in [2.24, 2.45) is 17.8 Å². The summed E-state index contributed by atoms with van der Waals surface area (Å²) in [5, 5.41) is 1.91. The van der Waals surface area contributed by atoms with Crippen molar-refractivity contribution in [3.63, 3.8) is 0 Å². The minimum atomic E-state index is -0.284. The van der Waals surface area contributed by atoms with E-state index in [-0.39, 0.29) is 11.7 Å². The number of piperidine rings is 1. The van der Waals surface area contributed by atoms with Crippen LogP contribution >= 0.6 is 11.3 Å². The molecule has 6 rings (SSSR count). The van der Waals surface area contributed by atoms with Gasteiger partial charge in [-0.1, -0.05) is 6.07 Å². The molecule has 0 N–H and O–H groups in total. The van der Waals surface area contributed by atoms with Crippen LogP contribution in [-0.2, 0) is 11.3 Å². The standard InChI is InChI=1S/C27H29FN4O2S/c28-24-14-20(3-4-25(24)31-9-11-34-12-10-31)32(27(33)26-2-1-13-35-26)18-23-21-16-30(17-22(21)23)15-19-5-7-29-8-6-19/h1-8,13-14,21-23H,9-12,15-18H2. The maximum absolute atomic E-state index is 15.2. The molecule has 1 aliphatic carbocycles. The second-order valence-corrected chi connectivity index (χ2v) is 10.6. The van der Waals surface area contributed by atoms with Crippen molar-refractivity contribution in [2.75, 3.05) is 55.7 Å². The highest BCUT2D eigenvalue weighted by Gasteiger charge is 2.56. The Balaban J connectivity index is 1.17. The molecular formula is C27H29FN4O2S. The zero-order chi connectivity index (χ0) is 23.8. The van der Waals surface area contributed by atoms with Gasteiger partial charge in [0.15, 0.2) is 0 Å². The minimum Gasteiger partial charge on any atom is -0.378 e. The van der Waals surface area contributed by atoms with Gasteiger partial charge in [0, 0.05) is 57.3 Å². The zero-order valence-electron chi connectivity index (χ0n) is 19.6. The summed E-state index contributed by atoms with van der Waals surface area (Å²) < 4.78 is 20.6. The summed E-state index contributed by atoms with van der Waals surface area (Å²) in [6.45, 7) is 6.22. The van der Waals surface area contributed by atoms with Crippen molar-refractivity contribution in [3.05, 3.63) is 76.5 Å². The number of halogens is 1. The molecule has 1 amide bonds. The molecule has 1 aromatic carbocycles. The van der Waals surface area contributed by atoms with Crippen molar-refractivity contribution in [1.82, 2.24) is 9.88 Å². The lowest BCUT2D eigenvalue weighted by Gasteiger charge is -2.30. The van der Waals surface area contributed by atoms with Crippen LogP contribution < -0.4 is 9.80 Å². The molecule has 1 saturated carbocycles. The first-order chi connectivity index (χ1) is 17.2. The van der Waals surface area contributed by atoms with Gasteiger partial charge < -0.3 is 14.5 Å². The van der Waals surface area contributed by atoms with Crippen LogP contribution in [0.1, 0.15) is 15.2 Å². The number of hydrogen-bond donors (Lipinski definition) is 0. The van der Waals surface area contributed by atoms with Gasteiger partial charge in [-0.05, 0) is 65.1 Å². The molecule has 3 fully saturated rings. The van der Waals surface area contributed by atoms with E-state index in [4.69, 9.17) is 4.74 Å². The highest BCUT2D eigenvalue weighted by molar-refractivity contribution is 7.12. The number of likely N-dealkylation sites (tertiary alicyclic amines) is 1. The number of aromatic nitrogens is 1. The molecule has 4 heterocycles. The summed E-state index contributed by atoms with van der Waals surface area (Å²) in [5.41, 5.74) is 2.50. The zero-order valence-corrected chi connectivity index (χ0v) is 20.4. The first kappa shape index (κ1) is 22.6. The van der Waals surface area contributed by atoms with Crippen LogP contribution in [-0.4, -0.2) is 61.7 Å². The van der Waals surface area contributed by atoms with Crippen molar-refractivity contribution in [3.8, 4) is 0 Å². The summed E-state index contributed by atoms with van der Waals surface area (Å²) in [6, 6.07) is 13.1. The van der Waals surface area contributed by atoms with Crippen LogP contribution in [0.2, 0.25) is 0 Å². The van der Waals surface area contributed by atoms with Crippen LogP contribution in [0.5, 0.6) is 0 Å². The van der Waals surface area contributed by atoms with Crippen LogP contribution in [0.25, 0.3) is 0 Å². The summed E-state index contributed by atoms with van der Waals surface area (Å²) in [4.78, 5) is 24.6. The fourth-order valence-electron chi connectivity index (χ4n) is 5.66. The topological polar surface area (TPSA) is 48.9 Å². The van der Waals surface area contributed by atoms with Crippen molar-refractivity contribution < 1.29 is 13.9 Å². The summed E-state index contributed by atoms with van der Waals surface area (Å²) in [7, 11) is 0. The Labute approximate surface area is 208 Å². The third-order valence-corrected chi connectivity index (χ3v) is 8.43. The third-order valence-electron chi connectivity index (χ3n) is 7.57. The Morgan fingerprint density at radius 2 is 1.89 bits per heavy atom. The molecule has 0 spiro atoms. The van der Waals surface area contributed by atoms with Gasteiger partial charge in [-0.15, -0.1) is 11.3 Å². The molecule has 6 nitrogen and oxygen atoms in total. The predicted molar refractivity (Wildman–Crippen MR) is 135 cm³/mol. The van der Waals surface area contributed by atoms with Gasteiger partial charge in [-0.2, -0.15) is 0 Å². The van der Waals surface area contributed by atoms with Gasteiger partial charge in [0.25, 0.3) is 5.91 Å². The average molecular weight is 493 g/mol. The number of hydrogen-bond acceptors (Lipinski definition) is 6. The van der Waals surface area contributed by atoms with E-state index in [2.05, 4.69) is 22.0 Å². The highest BCUT2D eigenvalue weighted by atomic mass is 32.1. The molecule has 182 valence electrons. The molecule has 3 aliphatic rings. The Bertz CT molecular complexity index is 1160. The molecule has 2 atom stereocenters. The van der Waals surface area contributed by atoms with Crippen molar-refractivity contribution in [1.29, 1.82) is 0 Å². The third kappa shape index (κ3) is 4.70. The normalized spacial score (nSPS) is 23.8. The summed E-state index contributed by atoms with van der Waals surface area (Å²) >= 11 is 1.43. The van der Waals surface area contributed by atoms with E-state index in [0.717, 1.165) is 19.6 Å². The number of carbonyl (C=O) groups excluding carboxylic acids is 1. The Kier molecular flexibility index (Phi) is 6.26. The first-order valence-electron chi connectivity index (χ1n) is 12.3. The quantitative estimate of drug-likeness (QED) is 0.496. The van der Waals surface area contributed by atoms with E-state index >= 15 is 4.39 Å². The number of fused-ring (bicyclic) bond motifs is 1. The van der Waals surface area contributed by atoms with E-state index in [1.807, 2.05) is 46.9 Å². The Hall–Kier alpha value is -2.81. The van der Waals surface area contributed by atoms with Gasteiger partial charge in [0.05, 0.1) is 23.8 Å². The number of amides is 1. The smallest absolute Gasteiger partial charge is 0.268 e. The second kappa shape index (κ2) is 9.68. The Morgan fingerprint density at radius 3 is 2.57 bits per heavy atom. The number of anilines is 2. The van der Waals surface area contributed by atoms with Crippen LogP contribution in [0.4, 0.5) is 15.8 Å². The predicted octanol–water partition coefficient (Wildman–Crippen LogP) is 4.14. The molecule has 0 radical (unpaired) electrons. The largest absolute Gasteiger partial charge is 0.378 e. The van der Waals surface area contributed by atoms with E-state index in [1.54, 1.807) is 4.90 Å². The molecule has 3 aromatic rings. The maximum atomic E-state index is 15.2. The Morgan fingerprint density at radius 1 is 1.11 bits per heavy atom. The SMILES string of the molecule is O=C(c1cccs1)N(CC1C2CN(Cc3ccncc3)CC21)c1ccc(N2CCOCC2)c(F)c1. The number of nitrogens with zero attached hydrogens (tertiary/aromatic N) is 4. The number of morpholine rings is 1. The monoisotopic (exact) mass is 492 g/mol. The molecule has 0 bridgehead atoms. The number of pyridine rings is 1. The molecule has 2 aromatic heterocycles. The number of rotatable bonds is 7. The molecule has 8 heteroatoms. The van der Waals surface area contributed by atoms with Gasteiger partial charge in [-0.3, -0.25) is 14.7 Å². The van der Waals surface area contributed by atoms with E-state index in [0.29, 0.717) is 66.9 Å². The number of carbonyl (C=O) groups is 1. The number of ether oxygens (including phenoxy) is 1. The van der Waals surface area contributed by atoms with E-state index in [9.17, 15) is 4.79 Å². The minimum absolute atomic E-state index is 0.0443. The van der Waals surface area contributed by atoms with Crippen molar-refractivity contribution in [2.45, 2.75) is 6.54 Å². The molecule has 2 aliphatic heterocycles. The number of benzene rings is 1. The highest BCUT2D eigenvalue weighted by Crippen LogP contribution is 2.52. The van der Waals surface area contributed by atoms with Crippen LogP contribution in [0, 0.1) is 23.6 Å². The van der Waals surface area contributed by atoms with Gasteiger partial charge >= 0.3 is 0 Å². The molecule has 35 heavy (non-hydrogen) atoms. The average Bonchev–Trinajstić information content (AvgIpc) is 3.27. The van der Waals surface area contributed by atoms with Crippen molar-refractivity contribution >= 4 is 28.6 Å². The fourth-order valence-corrected chi connectivity index (χ4v) is 6.33. The number of thiophene rings is 1. The van der Waals surface area contributed by atoms with Crippen LogP contribution in [0.15, 0.2) is 60.2 Å². The second-order valence-electron chi connectivity index (χ2n) is 9.67. The van der Waals surface area contributed by atoms with Gasteiger partial charge in [0.1, 0.15) is 5.82 Å². The molecular weight excluding hydrogens is 463 g/mol. The van der Waals surface area contributed by atoms with Gasteiger partial charge in [-0.25, -0.2) is 4.39 Å². The van der Waals surface area contributed by atoms with Crippen LogP contribution in [0.3, 0.4) is 0 Å². The van der Waals surface area contributed by atoms with E-state index in [1.165, 1.54) is 23.0 Å². The molecule has 2 saturated heterocycles. The van der Waals surface area contributed by atoms with E-state index < -0.39 is 0 Å². The van der Waals surface area contributed by atoms with Gasteiger partial charge in [0.2, 0.25) is 0 Å².